The molecule has 0 spiro atoms. The van der Waals surface area contributed by atoms with Crippen LogP contribution in [0.2, 0.25) is 0 Å². The Bertz CT molecular complexity index is 168. The molecular weight excluding hydrogens is 174 g/mol. The molecule has 5 heteroatoms. The van der Waals surface area contributed by atoms with Crippen LogP contribution in [0.3, 0.4) is 0 Å². The summed E-state index contributed by atoms with van der Waals surface area (Å²) in [5.41, 5.74) is 4.60. The van der Waals surface area contributed by atoms with E-state index in [1.54, 1.807) is 13.8 Å². The average Bonchev–Trinajstić information content (AvgIpc) is 2.00. The number of hydrogen-bond acceptors (Lipinski definition) is 5. The zero-order valence-corrected chi connectivity index (χ0v) is 8.24. The van der Waals surface area contributed by atoms with E-state index in [2.05, 4.69) is 4.74 Å². The molecule has 0 aromatic rings. The quantitative estimate of drug-likeness (QED) is 0.623. The van der Waals surface area contributed by atoms with Crippen molar-refractivity contribution in [3.63, 3.8) is 0 Å². The highest BCUT2D eigenvalue weighted by atomic mass is 16.7. The van der Waals surface area contributed by atoms with Crippen LogP contribution in [0.4, 0.5) is 4.79 Å². The van der Waals surface area contributed by atoms with Crippen molar-refractivity contribution in [3.8, 4) is 0 Å². The van der Waals surface area contributed by atoms with E-state index < -0.39 is 17.9 Å². The molecule has 0 saturated carbocycles. The molecule has 0 heterocycles. The molecule has 0 radical (unpaired) electrons. The SMILES string of the molecule is CC(O)COC(=O)OC(C)(C)CN. The third-order valence-corrected chi connectivity index (χ3v) is 1.29. The molecule has 0 aromatic carbocycles. The van der Waals surface area contributed by atoms with Gasteiger partial charge in [0.05, 0.1) is 6.10 Å². The largest absolute Gasteiger partial charge is 0.508 e. The lowest BCUT2D eigenvalue weighted by atomic mass is 10.1. The van der Waals surface area contributed by atoms with Crippen LogP contribution in [0.15, 0.2) is 0 Å². The van der Waals surface area contributed by atoms with Crippen molar-refractivity contribution in [1.82, 2.24) is 0 Å². The first-order valence-corrected chi connectivity index (χ1v) is 4.11. The normalized spacial score (nSPS) is 13.6. The van der Waals surface area contributed by atoms with E-state index in [1.807, 2.05) is 0 Å². The van der Waals surface area contributed by atoms with E-state index in [4.69, 9.17) is 15.6 Å². The van der Waals surface area contributed by atoms with E-state index in [0.29, 0.717) is 0 Å². The van der Waals surface area contributed by atoms with Gasteiger partial charge >= 0.3 is 6.16 Å². The molecule has 0 aromatic heterocycles. The number of carbonyl (C=O) groups excluding carboxylic acids is 1. The molecule has 78 valence electrons. The summed E-state index contributed by atoms with van der Waals surface area (Å²) in [6.45, 7) is 5.02. The van der Waals surface area contributed by atoms with Gasteiger partial charge in [-0.2, -0.15) is 0 Å². The van der Waals surface area contributed by atoms with Crippen molar-refractivity contribution < 1.29 is 19.4 Å². The van der Waals surface area contributed by atoms with Gasteiger partial charge in [-0.15, -0.1) is 0 Å². The molecule has 0 amide bonds. The lowest BCUT2D eigenvalue weighted by molar-refractivity contribution is -0.0260. The van der Waals surface area contributed by atoms with Crippen LogP contribution < -0.4 is 5.73 Å². The summed E-state index contributed by atoms with van der Waals surface area (Å²) in [5.74, 6) is 0. The Balaban J connectivity index is 3.74. The van der Waals surface area contributed by atoms with Crippen molar-refractivity contribution in [1.29, 1.82) is 0 Å². The first-order valence-electron chi connectivity index (χ1n) is 4.11. The van der Waals surface area contributed by atoms with Crippen molar-refractivity contribution in [3.05, 3.63) is 0 Å². The van der Waals surface area contributed by atoms with Gasteiger partial charge in [0.25, 0.3) is 0 Å². The van der Waals surface area contributed by atoms with E-state index >= 15 is 0 Å². The van der Waals surface area contributed by atoms with Crippen LogP contribution in [0.5, 0.6) is 0 Å². The third kappa shape index (κ3) is 6.36. The van der Waals surface area contributed by atoms with Gasteiger partial charge in [-0.05, 0) is 20.8 Å². The second-order valence-corrected chi connectivity index (χ2v) is 3.48. The molecule has 0 aliphatic rings. The molecule has 1 atom stereocenters. The minimum atomic E-state index is -0.809. The van der Waals surface area contributed by atoms with Crippen molar-refractivity contribution >= 4 is 6.16 Å². The van der Waals surface area contributed by atoms with Gasteiger partial charge in [-0.3, -0.25) is 0 Å². The minimum absolute atomic E-state index is 0.0700. The van der Waals surface area contributed by atoms with Gasteiger partial charge in [-0.25, -0.2) is 4.79 Å². The number of nitrogens with two attached hydrogens (primary N) is 1. The molecule has 13 heavy (non-hydrogen) atoms. The van der Waals surface area contributed by atoms with Gasteiger partial charge in [0, 0.05) is 6.54 Å². The number of carbonyl (C=O) groups is 1. The molecule has 0 rings (SSSR count). The van der Waals surface area contributed by atoms with Crippen molar-refractivity contribution in [2.45, 2.75) is 32.5 Å². The summed E-state index contributed by atoms with van der Waals surface area (Å²) in [6.07, 6.45) is -1.50. The number of aliphatic hydroxyl groups excluding tert-OH is 1. The summed E-state index contributed by atoms with van der Waals surface area (Å²) in [4.78, 5) is 10.9. The summed E-state index contributed by atoms with van der Waals surface area (Å²) < 4.78 is 9.41. The monoisotopic (exact) mass is 191 g/mol. The van der Waals surface area contributed by atoms with Gasteiger partial charge in [0.2, 0.25) is 0 Å². The summed E-state index contributed by atoms with van der Waals surface area (Å²) in [7, 11) is 0. The predicted octanol–water partition coefficient (Wildman–Crippen LogP) is 0.258. The van der Waals surface area contributed by atoms with E-state index in [0.717, 1.165) is 0 Å². The Morgan fingerprint density at radius 1 is 1.62 bits per heavy atom. The highest BCUT2D eigenvalue weighted by Crippen LogP contribution is 2.07. The lowest BCUT2D eigenvalue weighted by Crippen LogP contribution is -2.36. The van der Waals surface area contributed by atoms with Gasteiger partial charge in [-0.1, -0.05) is 0 Å². The number of ether oxygens (including phenoxy) is 2. The Morgan fingerprint density at radius 2 is 2.15 bits per heavy atom. The third-order valence-electron chi connectivity index (χ3n) is 1.29. The zero-order valence-electron chi connectivity index (χ0n) is 8.24. The molecular formula is C8H17NO4. The second kappa shape index (κ2) is 5.04. The molecule has 0 aliphatic carbocycles. The standard InChI is InChI=1S/C8H17NO4/c1-6(10)4-12-7(11)13-8(2,3)5-9/h6,10H,4-5,9H2,1-3H3. The minimum Gasteiger partial charge on any atom is -0.432 e. The Hall–Kier alpha value is -0.810. The maximum absolute atomic E-state index is 10.9. The highest BCUT2D eigenvalue weighted by Gasteiger charge is 2.21. The molecule has 0 saturated heterocycles. The maximum Gasteiger partial charge on any atom is 0.508 e. The zero-order chi connectivity index (χ0) is 10.5. The van der Waals surface area contributed by atoms with Gasteiger partial charge in [0.1, 0.15) is 12.2 Å². The van der Waals surface area contributed by atoms with Crippen LogP contribution in [0.1, 0.15) is 20.8 Å². The molecule has 0 fully saturated rings. The van der Waals surface area contributed by atoms with E-state index in [1.165, 1.54) is 6.92 Å². The van der Waals surface area contributed by atoms with Crippen LogP contribution in [0, 0.1) is 0 Å². The van der Waals surface area contributed by atoms with Crippen molar-refractivity contribution in [2.75, 3.05) is 13.2 Å². The Morgan fingerprint density at radius 3 is 2.54 bits per heavy atom. The summed E-state index contributed by atoms with van der Waals surface area (Å²) in [5, 5.41) is 8.80. The first kappa shape index (κ1) is 12.2. The molecule has 0 aliphatic heterocycles. The maximum atomic E-state index is 10.9. The Labute approximate surface area is 77.8 Å². The number of hydrogen-bond donors (Lipinski definition) is 2. The topological polar surface area (TPSA) is 81.8 Å². The molecule has 1 unspecified atom stereocenters. The number of rotatable bonds is 4. The van der Waals surface area contributed by atoms with Crippen LogP contribution in [-0.2, 0) is 9.47 Å². The van der Waals surface area contributed by atoms with Crippen LogP contribution >= 0.6 is 0 Å². The smallest absolute Gasteiger partial charge is 0.432 e. The first-order chi connectivity index (χ1) is 5.87. The molecule has 0 bridgehead atoms. The lowest BCUT2D eigenvalue weighted by Gasteiger charge is -2.22. The predicted molar refractivity (Wildman–Crippen MR) is 47.2 cm³/mol. The Kier molecular flexibility index (Phi) is 4.72. The fourth-order valence-corrected chi connectivity index (χ4v) is 0.485. The van der Waals surface area contributed by atoms with Gasteiger partial charge < -0.3 is 20.3 Å². The van der Waals surface area contributed by atoms with Crippen molar-refractivity contribution in [2.24, 2.45) is 5.73 Å². The van der Waals surface area contributed by atoms with Crippen LogP contribution in [-0.4, -0.2) is 36.1 Å². The van der Waals surface area contributed by atoms with E-state index in [-0.39, 0.29) is 13.2 Å². The van der Waals surface area contributed by atoms with Crippen LogP contribution in [0.25, 0.3) is 0 Å². The summed E-state index contributed by atoms with van der Waals surface area (Å²) in [6, 6.07) is 0. The average molecular weight is 191 g/mol. The highest BCUT2D eigenvalue weighted by molar-refractivity contribution is 5.60. The fourth-order valence-electron chi connectivity index (χ4n) is 0.485. The summed E-state index contributed by atoms with van der Waals surface area (Å²) >= 11 is 0. The molecule has 5 nitrogen and oxygen atoms in total. The number of aliphatic hydroxyl groups is 1. The fraction of sp³-hybridized carbons (Fsp3) is 0.875. The second-order valence-electron chi connectivity index (χ2n) is 3.48. The molecule has 3 N–H and O–H groups in total. The van der Waals surface area contributed by atoms with Gasteiger partial charge in [0.15, 0.2) is 0 Å². The van der Waals surface area contributed by atoms with E-state index in [9.17, 15) is 4.79 Å².